The van der Waals surface area contributed by atoms with Crippen LogP contribution in [-0.2, 0) is 4.74 Å². The molecule has 31 heavy (non-hydrogen) atoms. The zero-order valence-corrected chi connectivity index (χ0v) is 17.9. The Morgan fingerprint density at radius 2 is 1.74 bits per heavy atom. The third-order valence-electron chi connectivity index (χ3n) is 3.12. The summed E-state index contributed by atoms with van der Waals surface area (Å²) < 4.78 is 74.9. The zero-order chi connectivity index (χ0) is 23.4. The molecule has 0 radical (unpaired) electrons. The smallest absolute Gasteiger partial charge is 0.422 e. The van der Waals surface area contributed by atoms with Crippen LogP contribution in [0.5, 0.6) is 5.88 Å². The van der Waals surface area contributed by atoms with E-state index < -0.39 is 47.6 Å². The van der Waals surface area contributed by atoms with Crippen LogP contribution in [0.3, 0.4) is 0 Å². The lowest BCUT2D eigenvalue weighted by atomic mass is 10.1. The Balaban J connectivity index is 2.24. The van der Waals surface area contributed by atoms with Gasteiger partial charge in [0.15, 0.2) is 6.61 Å². The van der Waals surface area contributed by atoms with Gasteiger partial charge >= 0.3 is 12.3 Å². The molecule has 6 nitrogen and oxygen atoms in total. The Bertz CT molecular complexity index is 1020. The van der Waals surface area contributed by atoms with Gasteiger partial charge in [-0.3, -0.25) is 5.32 Å². The molecule has 2 rings (SSSR count). The molecule has 0 saturated heterocycles. The Labute approximate surface area is 182 Å². The van der Waals surface area contributed by atoms with Gasteiger partial charge in [0, 0.05) is 5.69 Å². The van der Waals surface area contributed by atoms with Crippen molar-refractivity contribution in [1.29, 1.82) is 0 Å². The number of rotatable bonds is 3. The van der Waals surface area contributed by atoms with Crippen molar-refractivity contribution in [2.75, 3.05) is 11.9 Å². The number of benzene rings is 1. The highest BCUT2D eigenvalue weighted by Crippen LogP contribution is 2.26. The number of carbonyl (C=O) groups is 1. The number of hydrogen-bond donors (Lipinski definition) is 1. The molecule has 0 bridgehead atoms. The molecule has 0 aliphatic carbocycles. The van der Waals surface area contributed by atoms with E-state index in [-0.39, 0.29) is 15.9 Å². The molecule has 1 aromatic heterocycles. The minimum Gasteiger partial charge on any atom is -0.467 e. The second kappa shape index (κ2) is 9.47. The van der Waals surface area contributed by atoms with Gasteiger partial charge in [-0.05, 0) is 54.8 Å². The predicted molar refractivity (Wildman–Crippen MR) is 103 cm³/mol. The van der Waals surface area contributed by atoms with Crippen molar-refractivity contribution in [1.82, 2.24) is 9.97 Å². The van der Waals surface area contributed by atoms with Crippen LogP contribution in [-0.4, -0.2) is 34.4 Å². The average Bonchev–Trinajstić information content (AvgIpc) is 2.58. The number of halogens is 6. The molecule has 1 heterocycles. The van der Waals surface area contributed by atoms with Crippen LogP contribution in [0, 0.1) is 23.5 Å². The maximum absolute atomic E-state index is 14.3. The summed E-state index contributed by atoms with van der Waals surface area (Å²) >= 11 is 2.95. The van der Waals surface area contributed by atoms with Gasteiger partial charge in [-0.1, -0.05) is 5.92 Å². The first-order valence-corrected chi connectivity index (χ1v) is 9.25. The summed E-state index contributed by atoms with van der Waals surface area (Å²) in [6.07, 6.45) is -4.60. The van der Waals surface area contributed by atoms with Crippen molar-refractivity contribution >= 4 is 27.7 Å². The van der Waals surface area contributed by atoms with Crippen molar-refractivity contribution < 1.29 is 36.2 Å². The number of nitrogens with one attached hydrogen (secondary N) is 1. The molecular weight excluding hydrogens is 493 g/mol. The second-order valence-electron chi connectivity index (χ2n) is 6.94. The van der Waals surface area contributed by atoms with Gasteiger partial charge < -0.3 is 9.47 Å². The molecule has 0 aliphatic heterocycles. The number of nitrogens with zero attached hydrogens (tertiary/aromatic N) is 2. The molecule has 12 heteroatoms. The molecule has 0 unspecified atom stereocenters. The first-order chi connectivity index (χ1) is 14.2. The molecule has 2 aromatic rings. The number of ether oxygens (including phenoxy) is 2. The predicted octanol–water partition coefficient (Wildman–Crippen LogP) is 5.21. The fourth-order valence-electron chi connectivity index (χ4n) is 2.00. The molecule has 166 valence electrons. The number of aromatic nitrogens is 2. The van der Waals surface area contributed by atoms with Crippen LogP contribution in [0.2, 0.25) is 0 Å². The van der Waals surface area contributed by atoms with Gasteiger partial charge in [-0.2, -0.15) is 13.2 Å². The van der Waals surface area contributed by atoms with Crippen molar-refractivity contribution in [2.24, 2.45) is 0 Å². The monoisotopic (exact) mass is 507 g/mol. The summed E-state index contributed by atoms with van der Waals surface area (Å²) in [6, 6.07) is 1.67. The highest BCUT2D eigenvalue weighted by molar-refractivity contribution is 9.10. The Hall–Kier alpha value is -2.94. The highest BCUT2D eigenvalue weighted by atomic mass is 79.9. The number of anilines is 1. The van der Waals surface area contributed by atoms with Crippen molar-refractivity contribution in [3.63, 3.8) is 0 Å². The molecular formula is C19H15BrF5N3O3. The lowest BCUT2D eigenvalue weighted by Gasteiger charge is -2.19. The molecule has 0 aliphatic rings. The summed E-state index contributed by atoms with van der Waals surface area (Å²) in [5.74, 6) is 1.95. The third-order valence-corrected chi connectivity index (χ3v) is 3.84. The van der Waals surface area contributed by atoms with Crippen LogP contribution >= 0.6 is 15.9 Å². The topological polar surface area (TPSA) is 73.3 Å². The molecule has 0 atom stereocenters. The number of amides is 1. The van der Waals surface area contributed by atoms with Crippen LogP contribution in [0.25, 0.3) is 0 Å². The summed E-state index contributed by atoms with van der Waals surface area (Å²) in [4.78, 5) is 19.0. The minimum absolute atomic E-state index is 0.115. The normalized spacial score (nSPS) is 11.4. The Morgan fingerprint density at radius 1 is 1.13 bits per heavy atom. The largest absolute Gasteiger partial charge is 0.467 e. The number of carbonyl (C=O) groups excluding carboxylic acids is 1. The van der Waals surface area contributed by atoms with Crippen molar-refractivity contribution in [3.05, 3.63) is 45.8 Å². The maximum Gasteiger partial charge on any atom is 0.422 e. The Kier molecular flexibility index (Phi) is 7.43. The fourth-order valence-corrected chi connectivity index (χ4v) is 2.42. The minimum atomic E-state index is -4.59. The molecule has 1 aromatic carbocycles. The van der Waals surface area contributed by atoms with E-state index in [1.165, 1.54) is 0 Å². The summed E-state index contributed by atoms with van der Waals surface area (Å²) in [7, 11) is 0. The van der Waals surface area contributed by atoms with Crippen LogP contribution in [0.15, 0.2) is 22.9 Å². The average molecular weight is 508 g/mol. The molecule has 1 amide bonds. The molecule has 0 saturated carbocycles. The van der Waals surface area contributed by atoms with Crippen LogP contribution in [0.4, 0.5) is 32.4 Å². The first kappa shape index (κ1) is 24.3. The van der Waals surface area contributed by atoms with E-state index in [9.17, 15) is 26.7 Å². The molecule has 1 N–H and O–H groups in total. The van der Waals surface area contributed by atoms with Crippen LogP contribution in [0.1, 0.15) is 32.0 Å². The fraction of sp³-hybridized carbons (Fsp3) is 0.316. The third kappa shape index (κ3) is 7.67. The van der Waals surface area contributed by atoms with Gasteiger partial charge in [-0.25, -0.2) is 23.5 Å². The number of hydrogen-bond acceptors (Lipinski definition) is 5. The van der Waals surface area contributed by atoms with Gasteiger partial charge in [0.2, 0.25) is 5.88 Å². The van der Waals surface area contributed by atoms with Gasteiger partial charge in [0.1, 0.15) is 33.7 Å². The molecule has 0 spiro atoms. The quantitative estimate of drug-likeness (QED) is 0.456. The first-order valence-electron chi connectivity index (χ1n) is 8.46. The van der Waals surface area contributed by atoms with Gasteiger partial charge in [0.05, 0.1) is 5.56 Å². The van der Waals surface area contributed by atoms with Crippen molar-refractivity contribution in [2.45, 2.75) is 32.5 Å². The summed E-state index contributed by atoms with van der Waals surface area (Å²) in [6.45, 7) is 3.27. The lowest BCUT2D eigenvalue weighted by Crippen LogP contribution is -2.27. The van der Waals surface area contributed by atoms with E-state index in [1.807, 2.05) is 0 Å². The second-order valence-corrected chi connectivity index (χ2v) is 7.73. The lowest BCUT2D eigenvalue weighted by molar-refractivity contribution is -0.154. The van der Waals surface area contributed by atoms with Crippen molar-refractivity contribution in [3.8, 4) is 17.7 Å². The summed E-state index contributed by atoms with van der Waals surface area (Å²) in [5, 5.41) is 2.20. The van der Waals surface area contributed by atoms with E-state index >= 15 is 0 Å². The van der Waals surface area contributed by atoms with Crippen LogP contribution < -0.4 is 10.1 Å². The van der Waals surface area contributed by atoms with E-state index in [2.05, 4.69) is 47.8 Å². The SMILES string of the molecule is CC(C)(C)OC(=O)Nc1cc(F)c(C#Cc2ncnc(OCC(F)(F)F)c2Br)c(F)c1. The summed E-state index contributed by atoms with van der Waals surface area (Å²) in [5.41, 5.74) is -1.79. The van der Waals surface area contributed by atoms with E-state index in [1.54, 1.807) is 20.8 Å². The van der Waals surface area contributed by atoms with Gasteiger partial charge in [-0.15, -0.1) is 0 Å². The zero-order valence-electron chi connectivity index (χ0n) is 16.3. The number of alkyl halides is 3. The molecule has 0 fully saturated rings. The Morgan fingerprint density at radius 3 is 2.29 bits per heavy atom. The van der Waals surface area contributed by atoms with E-state index in [0.717, 1.165) is 18.5 Å². The van der Waals surface area contributed by atoms with E-state index in [0.29, 0.717) is 0 Å². The standard InChI is InChI=1S/C19H15BrF5N3O3/c1-18(2,3)31-17(29)28-10-6-12(21)11(13(22)7-10)4-5-14-15(20)16(27-9-26-14)30-8-19(23,24)25/h6-7,9H,8H2,1-3H3,(H,28,29). The maximum atomic E-state index is 14.3. The highest BCUT2D eigenvalue weighted by Gasteiger charge is 2.29. The van der Waals surface area contributed by atoms with E-state index in [4.69, 9.17) is 4.74 Å². The van der Waals surface area contributed by atoms with Gasteiger partial charge in [0.25, 0.3) is 0 Å².